The minimum absolute atomic E-state index is 0.122. The van der Waals surface area contributed by atoms with Crippen LogP contribution < -0.4 is 5.73 Å². The first-order valence-electron chi connectivity index (χ1n) is 4.66. The molecule has 90 valence electrons. The first kappa shape index (κ1) is 11.6. The standard InChI is InChI=1S/C8H12FN3O3S/c9-4-1-12(8(14)11-7(4)10)5-3-16-6(2-13)15-5/h1,5-6,8,13-14H,2-3H2,(H2,10,11). The number of halogens is 1. The zero-order valence-corrected chi connectivity index (χ0v) is 9.10. The summed E-state index contributed by atoms with van der Waals surface area (Å²) in [5.74, 6) is -0.513. The molecule has 3 unspecified atom stereocenters. The van der Waals surface area contributed by atoms with E-state index in [1.165, 1.54) is 16.7 Å². The maximum absolute atomic E-state index is 13.2. The van der Waals surface area contributed by atoms with Gasteiger partial charge in [-0.25, -0.2) is 9.38 Å². The lowest BCUT2D eigenvalue weighted by Gasteiger charge is -2.31. The summed E-state index contributed by atoms with van der Waals surface area (Å²) in [6.07, 6.45) is -0.694. The number of nitrogens with zero attached hydrogens (tertiary/aromatic N) is 2. The highest BCUT2D eigenvalue weighted by Gasteiger charge is 2.34. The summed E-state index contributed by atoms with van der Waals surface area (Å²) in [4.78, 5) is 4.75. The maximum atomic E-state index is 13.2. The second-order valence-corrected chi connectivity index (χ2v) is 4.51. The van der Waals surface area contributed by atoms with E-state index in [9.17, 15) is 9.50 Å². The highest BCUT2D eigenvalue weighted by molar-refractivity contribution is 8.00. The molecule has 0 aromatic heterocycles. The summed E-state index contributed by atoms with van der Waals surface area (Å²) in [5, 5.41) is 18.5. The Morgan fingerprint density at radius 3 is 3.12 bits per heavy atom. The Labute approximate surface area is 95.6 Å². The highest BCUT2D eigenvalue weighted by Crippen LogP contribution is 2.29. The lowest BCUT2D eigenvalue weighted by Crippen LogP contribution is -2.44. The molecule has 0 radical (unpaired) electrons. The Bertz CT molecular complexity index is 338. The van der Waals surface area contributed by atoms with E-state index in [4.69, 9.17) is 15.6 Å². The molecular weight excluding hydrogens is 237 g/mol. The van der Waals surface area contributed by atoms with E-state index < -0.39 is 18.4 Å². The lowest BCUT2D eigenvalue weighted by atomic mass is 10.4. The SMILES string of the molecule is NC1=NC(O)N(C2CSC(CO)O2)C=C1F. The molecule has 2 aliphatic heterocycles. The molecule has 0 aromatic rings. The van der Waals surface area contributed by atoms with Gasteiger partial charge < -0.3 is 25.6 Å². The zero-order valence-electron chi connectivity index (χ0n) is 8.28. The Hall–Kier alpha value is -0.830. The number of amidine groups is 1. The minimum atomic E-state index is -1.25. The maximum Gasteiger partial charge on any atom is 0.229 e. The number of ether oxygens (including phenoxy) is 1. The molecule has 0 spiro atoms. The van der Waals surface area contributed by atoms with Crippen molar-refractivity contribution in [2.75, 3.05) is 12.4 Å². The van der Waals surface area contributed by atoms with Crippen LogP contribution in [0.5, 0.6) is 0 Å². The fourth-order valence-corrected chi connectivity index (χ4v) is 2.39. The first-order chi connectivity index (χ1) is 7.61. The third-order valence-electron chi connectivity index (χ3n) is 2.24. The molecule has 3 atom stereocenters. The molecular formula is C8H12FN3O3S. The lowest BCUT2D eigenvalue weighted by molar-refractivity contribution is -0.0985. The van der Waals surface area contributed by atoms with Gasteiger partial charge in [0, 0.05) is 12.0 Å². The van der Waals surface area contributed by atoms with E-state index in [0.29, 0.717) is 5.75 Å². The van der Waals surface area contributed by atoms with Crippen molar-refractivity contribution in [3.63, 3.8) is 0 Å². The molecule has 2 heterocycles. The van der Waals surface area contributed by atoms with Gasteiger partial charge in [-0.15, -0.1) is 11.8 Å². The summed E-state index contributed by atoms with van der Waals surface area (Å²) in [5.41, 5.74) is 4.87. The van der Waals surface area contributed by atoms with Crippen molar-refractivity contribution < 1.29 is 19.3 Å². The predicted octanol–water partition coefficient (Wildman–Crippen LogP) is -0.846. The zero-order chi connectivity index (χ0) is 11.7. The molecule has 0 saturated carbocycles. The monoisotopic (exact) mass is 249 g/mol. The van der Waals surface area contributed by atoms with Crippen LogP contribution in [0.4, 0.5) is 4.39 Å². The van der Waals surface area contributed by atoms with Gasteiger partial charge in [-0.1, -0.05) is 0 Å². The summed E-state index contributed by atoms with van der Waals surface area (Å²) < 4.78 is 18.5. The van der Waals surface area contributed by atoms with Gasteiger partial charge in [0.2, 0.25) is 6.35 Å². The number of nitrogens with two attached hydrogens (primary N) is 1. The van der Waals surface area contributed by atoms with E-state index in [2.05, 4.69) is 4.99 Å². The topological polar surface area (TPSA) is 91.3 Å². The van der Waals surface area contributed by atoms with E-state index >= 15 is 0 Å². The van der Waals surface area contributed by atoms with E-state index in [1.54, 1.807) is 0 Å². The first-order valence-corrected chi connectivity index (χ1v) is 5.71. The normalized spacial score (nSPS) is 34.9. The third kappa shape index (κ3) is 2.14. The Kier molecular flexibility index (Phi) is 3.33. The number of aliphatic hydroxyl groups excluding tert-OH is 2. The fourth-order valence-electron chi connectivity index (χ4n) is 1.44. The number of rotatable bonds is 2. The van der Waals surface area contributed by atoms with Gasteiger partial charge >= 0.3 is 0 Å². The van der Waals surface area contributed by atoms with Crippen LogP contribution in [0.3, 0.4) is 0 Å². The predicted molar refractivity (Wildman–Crippen MR) is 56.9 cm³/mol. The Morgan fingerprint density at radius 1 is 1.75 bits per heavy atom. The molecule has 0 aliphatic carbocycles. The van der Waals surface area contributed by atoms with Crippen LogP contribution in [0.25, 0.3) is 0 Å². The third-order valence-corrected chi connectivity index (χ3v) is 3.35. The van der Waals surface area contributed by atoms with E-state index in [1.807, 2.05) is 0 Å². The van der Waals surface area contributed by atoms with Gasteiger partial charge in [0.05, 0.1) is 6.61 Å². The molecule has 1 fully saturated rings. The number of hydrogen-bond acceptors (Lipinski definition) is 7. The number of hydrogen-bond donors (Lipinski definition) is 3. The smallest absolute Gasteiger partial charge is 0.229 e. The van der Waals surface area contributed by atoms with Gasteiger partial charge in [0.1, 0.15) is 11.7 Å². The van der Waals surface area contributed by atoms with Crippen molar-refractivity contribution in [1.82, 2.24) is 4.90 Å². The van der Waals surface area contributed by atoms with Crippen molar-refractivity contribution in [3.05, 3.63) is 12.0 Å². The quantitative estimate of drug-likeness (QED) is 0.591. The van der Waals surface area contributed by atoms with Gasteiger partial charge in [-0.3, -0.25) is 0 Å². The van der Waals surface area contributed by atoms with Gasteiger partial charge in [0.15, 0.2) is 11.7 Å². The van der Waals surface area contributed by atoms with Crippen molar-refractivity contribution >= 4 is 17.6 Å². The molecule has 2 rings (SSSR count). The molecule has 0 bridgehead atoms. The van der Waals surface area contributed by atoms with Crippen molar-refractivity contribution in [2.45, 2.75) is 18.0 Å². The van der Waals surface area contributed by atoms with Crippen LogP contribution in [0, 0.1) is 0 Å². The molecule has 1 saturated heterocycles. The Balaban J connectivity index is 2.06. The average Bonchev–Trinajstić information content (AvgIpc) is 2.71. The molecule has 6 nitrogen and oxygen atoms in total. The molecule has 8 heteroatoms. The molecule has 0 aromatic carbocycles. The molecule has 4 N–H and O–H groups in total. The van der Waals surface area contributed by atoms with Crippen molar-refractivity contribution in [1.29, 1.82) is 0 Å². The number of aliphatic hydroxyl groups is 2. The summed E-state index contributed by atoms with van der Waals surface area (Å²) >= 11 is 1.39. The minimum Gasteiger partial charge on any atom is -0.393 e. The van der Waals surface area contributed by atoms with Crippen LogP contribution in [0.1, 0.15) is 0 Å². The molecule has 16 heavy (non-hydrogen) atoms. The highest BCUT2D eigenvalue weighted by atomic mass is 32.2. The van der Waals surface area contributed by atoms with Gasteiger partial charge in [-0.2, -0.15) is 0 Å². The molecule has 2 aliphatic rings. The van der Waals surface area contributed by atoms with Crippen LogP contribution in [0.15, 0.2) is 17.0 Å². The number of aliphatic imine (C=N–C) groups is 1. The van der Waals surface area contributed by atoms with E-state index in [0.717, 1.165) is 6.20 Å². The van der Waals surface area contributed by atoms with Crippen LogP contribution in [-0.2, 0) is 4.74 Å². The van der Waals surface area contributed by atoms with Crippen molar-refractivity contribution in [3.8, 4) is 0 Å². The summed E-state index contributed by atoms with van der Waals surface area (Å²) in [6, 6.07) is 0. The van der Waals surface area contributed by atoms with Gasteiger partial charge in [0.25, 0.3) is 0 Å². The second-order valence-electron chi connectivity index (χ2n) is 3.32. The fraction of sp³-hybridized carbons (Fsp3) is 0.625. The largest absolute Gasteiger partial charge is 0.393 e. The second kappa shape index (κ2) is 4.58. The number of thioether (sulfide) groups is 1. The average molecular weight is 249 g/mol. The van der Waals surface area contributed by atoms with Crippen molar-refractivity contribution in [2.24, 2.45) is 10.7 Å². The molecule has 0 amide bonds. The Morgan fingerprint density at radius 2 is 2.50 bits per heavy atom. The van der Waals surface area contributed by atoms with Crippen LogP contribution >= 0.6 is 11.8 Å². The van der Waals surface area contributed by atoms with Crippen LogP contribution in [-0.4, -0.2) is 51.3 Å². The van der Waals surface area contributed by atoms with Crippen LogP contribution in [0.2, 0.25) is 0 Å². The summed E-state index contributed by atoms with van der Waals surface area (Å²) in [6.45, 7) is -0.122. The van der Waals surface area contributed by atoms with Gasteiger partial charge in [-0.05, 0) is 0 Å². The summed E-state index contributed by atoms with van der Waals surface area (Å²) in [7, 11) is 0. The van der Waals surface area contributed by atoms with E-state index in [-0.39, 0.29) is 17.9 Å².